The molecule has 2 rings (SSSR count). The molecule has 1 aromatic rings. The number of benzene rings is 1. The normalized spacial score (nSPS) is 15.2. The Labute approximate surface area is 152 Å². The third kappa shape index (κ3) is 4.93. The maximum Gasteiger partial charge on any atom is 0.320 e. The van der Waals surface area contributed by atoms with Gasteiger partial charge < -0.3 is 14.4 Å². The molecule has 26 heavy (non-hydrogen) atoms. The van der Waals surface area contributed by atoms with Crippen molar-refractivity contribution in [2.45, 2.75) is 40.4 Å². The van der Waals surface area contributed by atoms with Crippen molar-refractivity contribution in [1.82, 2.24) is 0 Å². The topological polar surface area (TPSA) is 99.0 Å². The monoisotopic (exact) mass is 364 g/mol. The molecule has 0 spiro atoms. The fourth-order valence-electron chi connectivity index (χ4n) is 2.85. The zero-order chi connectivity index (χ0) is 19.4. The molecule has 0 aliphatic carbocycles. The quantitative estimate of drug-likeness (QED) is 0.317. The Morgan fingerprint density at radius 1 is 1.12 bits per heavy atom. The van der Waals surface area contributed by atoms with E-state index in [1.54, 1.807) is 12.1 Å². The van der Waals surface area contributed by atoms with Crippen LogP contribution < -0.4 is 4.90 Å². The van der Waals surface area contributed by atoms with E-state index in [-0.39, 0.29) is 11.3 Å². The number of anilines is 1. The van der Waals surface area contributed by atoms with Gasteiger partial charge in [-0.2, -0.15) is 0 Å². The van der Waals surface area contributed by atoms with E-state index in [0.29, 0.717) is 30.6 Å². The second kappa shape index (κ2) is 8.16. The van der Waals surface area contributed by atoms with Crippen molar-refractivity contribution in [3.63, 3.8) is 0 Å². The lowest BCUT2D eigenvalue weighted by atomic mass is 10.1. The molecule has 1 aliphatic rings. The largest absolute Gasteiger partial charge is 0.420 e. The highest BCUT2D eigenvalue weighted by Gasteiger charge is 2.31. The first kappa shape index (κ1) is 19.7. The number of nitro groups is 1. The van der Waals surface area contributed by atoms with Gasteiger partial charge >= 0.3 is 11.9 Å². The van der Waals surface area contributed by atoms with Gasteiger partial charge in [0.05, 0.1) is 4.92 Å². The fraction of sp³-hybridized carbons (Fsp3) is 0.556. The summed E-state index contributed by atoms with van der Waals surface area (Å²) >= 11 is 0. The number of hydrogen-bond donors (Lipinski definition) is 0. The van der Waals surface area contributed by atoms with Crippen LogP contribution >= 0.6 is 0 Å². The number of rotatable bonds is 7. The first-order valence-corrected chi connectivity index (χ1v) is 8.59. The minimum atomic E-state index is -1.25. The van der Waals surface area contributed by atoms with Crippen LogP contribution in [0.3, 0.4) is 0 Å². The molecule has 0 amide bonds. The third-order valence-electron chi connectivity index (χ3n) is 3.75. The van der Waals surface area contributed by atoms with Crippen molar-refractivity contribution in [2.24, 2.45) is 11.8 Å². The molecule has 1 aromatic carbocycles. The number of nitrogens with zero attached hydrogens (tertiary/aromatic N) is 2. The van der Waals surface area contributed by atoms with Crippen LogP contribution in [0.1, 0.15) is 46.0 Å². The number of carbonyl (C=O) groups is 2. The second-order valence-corrected chi connectivity index (χ2v) is 7.19. The maximum atomic E-state index is 11.6. The molecule has 8 heteroatoms. The van der Waals surface area contributed by atoms with Crippen molar-refractivity contribution >= 4 is 23.3 Å². The summed E-state index contributed by atoms with van der Waals surface area (Å²) in [7, 11) is 0. The van der Waals surface area contributed by atoms with Crippen LogP contribution in [0.25, 0.3) is 0 Å². The minimum Gasteiger partial charge on any atom is -0.420 e. The van der Waals surface area contributed by atoms with Crippen LogP contribution in [0.2, 0.25) is 0 Å². The standard InChI is InChI=1S/C18H24N2O6/c1-11(2)9-19(10-12(3)4)14-6-5-13(7-15(14)20(23)24)18-25-16(21)8-17(22)26-18/h5-7,11-12,18H,8-10H2,1-4H3. The Kier molecular flexibility index (Phi) is 6.18. The molecule has 0 N–H and O–H groups in total. The number of nitro benzene ring substituents is 1. The van der Waals surface area contributed by atoms with Gasteiger partial charge in [-0.05, 0) is 24.0 Å². The maximum absolute atomic E-state index is 11.6. The summed E-state index contributed by atoms with van der Waals surface area (Å²) in [6, 6.07) is 4.51. The lowest BCUT2D eigenvalue weighted by Crippen LogP contribution is -2.32. The minimum absolute atomic E-state index is 0.110. The van der Waals surface area contributed by atoms with Gasteiger partial charge in [-0.25, -0.2) is 0 Å². The summed E-state index contributed by atoms with van der Waals surface area (Å²) in [6.07, 6.45) is -1.70. The van der Waals surface area contributed by atoms with Crippen LogP contribution in [-0.4, -0.2) is 30.0 Å². The highest BCUT2D eigenvalue weighted by Crippen LogP contribution is 2.34. The van der Waals surface area contributed by atoms with Crippen molar-refractivity contribution in [1.29, 1.82) is 0 Å². The van der Waals surface area contributed by atoms with Crippen molar-refractivity contribution in [3.05, 3.63) is 33.9 Å². The first-order valence-electron chi connectivity index (χ1n) is 8.59. The molecular formula is C18H24N2O6. The van der Waals surface area contributed by atoms with Gasteiger partial charge in [0.25, 0.3) is 12.0 Å². The first-order chi connectivity index (χ1) is 12.2. The van der Waals surface area contributed by atoms with E-state index in [1.165, 1.54) is 6.07 Å². The van der Waals surface area contributed by atoms with Crippen molar-refractivity contribution in [3.8, 4) is 0 Å². The zero-order valence-corrected chi connectivity index (χ0v) is 15.4. The highest BCUT2D eigenvalue weighted by atomic mass is 16.7. The van der Waals surface area contributed by atoms with E-state index in [4.69, 9.17) is 9.47 Å². The van der Waals surface area contributed by atoms with Crippen LogP contribution in [0, 0.1) is 22.0 Å². The molecule has 1 saturated heterocycles. The molecule has 8 nitrogen and oxygen atoms in total. The zero-order valence-electron chi connectivity index (χ0n) is 15.4. The average Bonchev–Trinajstić information content (AvgIpc) is 2.51. The lowest BCUT2D eigenvalue weighted by Gasteiger charge is -2.29. The molecule has 0 unspecified atom stereocenters. The molecule has 0 atom stereocenters. The number of hydrogen-bond acceptors (Lipinski definition) is 7. The second-order valence-electron chi connectivity index (χ2n) is 7.19. The third-order valence-corrected chi connectivity index (χ3v) is 3.75. The molecule has 0 aromatic heterocycles. The number of esters is 2. The lowest BCUT2D eigenvalue weighted by molar-refractivity contribution is -0.384. The van der Waals surface area contributed by atoms with Gasteiger partial charge in [-0.15, -0.1) is 0 Å². The summed E-state index contributed by atoms with van der Waals surface area (Å²) < 4.78 is 9.98. The molecule has 1 aliphatic heterocycles. The van der Waals surface area contributed by atoms with Crippen LogP contribution in [0.4, 0.5) is 11.4 Å². The Hall–Kier alpha value is -2.64. The number of carbonyl (C=O) groups excluding carboxylic acids is 2. The SMILES string of the molecule is CC(C)CN(CC(C)C)c1ccc(C2OC(=O)CC(=O)O2)cc1[N+](=O)[O-]. The Morgan fingerprint density at radius 2 is 1.65 bits per heavy atom. The predicted molar refractivity (Wildman–Crippen MR) is 94.5 cm³/mol. The molecule has 0 bridgehead atoms. The van der Waals surface area contributed by atoms with Crippen molar-refractivity contribution in [2.75, 3.05) is 18.0 Å². The highest BCUT2D eigenvalue weighted by molar-refractivity contribution is 5.92. The van der Waals surface area contributed by atoms with Gasteiger partial charge in [-0.3, -0.25) is 19.7 Å². The molecule has 1 fully saturated rings. The molecule has 0 radical (unpaired) electrons. The van der Waals surface area contributed by atoms with Gasteiger partial charge in [0, 0.05) is 24.7 Å². The van der Waals surface area contributed by atoms with Gasteiger partial charge in [-0.1, -0.05) is 27.7 Å². The van der Waals surface area contributed by atoms with E-state index in [0.717, 1.165) is 0 Å². The summed E-state index contributed by atoms with van der Waals surface area (Å²) in [6.45, 7) is 9.55. The van der Waals surface area contributed by atoms with Crippen LogP contribution in [-0.2, 0) is 19.1 Å². The van der Waals surface area contributed by atoms with E-state index in [2.05, 4.69) is 27.7 Å². The smallest absolute Gasteiger partial charge is 0.320 e. The fourth-order valence-corrected chi connectivity index (χ4v) is 2.85. The van der Waals surface area contributed by atoms with Gasteiger partial charge in [0.15, 0.2) is 0 Å². The number of cyclic esters (lactones) is 2. The molecule has 1 heterocycles. The Bertz CT molecular complexity index is 675. The van der Waals surface area contributed by atoms with E-state index in [1.807, 2.05) is 4.90 Å². The molecule has 142 valence electrons. The van der Waals surface area contributed by atoms with Gasteiger partial charge in [0.2, 0.25) is 0 Å². The Balaban J connectivity index is 2.39. The Morgan fingerprint density at radius 3 is 2.12 bits per heavy atom. The van der Waals surface area contributed by atoms with E-state index in [9.17, 15) is 19.7 Å². The predicted octanol–water partition coefficient (Wildman–Crippen LogP) is 3.20. The average molecular weight is 364 g/mol. The summed E-state index contributed by atoms with van der Waals surface area (Å²) in [5.74, 6) is -0.764. The summed E-state index contributed by atoms with van der Waals surface area (Å²) in [4.78, 5) is 36.0. The number of ether oxygens (including phenoxy) is 2. The molecular weight excluding hydrogens is 340 g/mol. The van der Waals surface area contributed by atoms with E-state index < -0.39 is 29.6 Å². The van der Waals surface area contributed by atoms with E-state index >= 15 is 0 Å². The van der Waals surface area contributed by atoms with Gasteiger partial charge in [0.1, 0.15) is 12.1 Å². The summed E-state index contributed by atoms with van der Waals surface area (Å²) in [5, 5.41) is 11.6. The van der Waals surface area contributed by atoms with Crippen LogP contribution in [0.5, 0.6) is 0 Å². The van der Waals surface area contributed by atoms with Crippen molar-refractivity contribution < 1.29 is 24.0 Å². The van der Waals surface area contributed by atoms with Crippen LogP contribution in [0.15, 0.2) is 18.2 Å². The summed E-state index contributed by atoms with van der Waals surface area (Å²) in [5.41, 5.74) is 0.645. The molecule has 0 saturated carbocycles.